The van der Waals surface area contributed by atoms with E-state index in [0.29, 0.717) is 24.8 Å². The molecule has 0 unspecified atom stereocenters. The van der Waals surface area contributed by atoms with Gasteiger partial charge >= 0.3 is 5.97 Å². The fourth-order valence-corrected chi connectivity index (χ4v) is 3.06. The van der Waals surface area contributed by atoms with E-state index in [2.05, 4.69) is 0 Å². The number of hydrogen-bond donors (Lipinski definition) is 2. The third kappa shape index (κ3) is 5.40. The summed E-state index contributed by atoms with van der Waals surface area (Å²) < 4.78 is 23.9. The lowest BCUT2D eigenvalue weighted by atomic mass is 10.2. The number of carbonyl (C=O) groups is 1. The highest BCUT2D eigenvalue weighted by Crippen LogP contribution is 2.14. The standard InChI is InChI=1S/C13H18O5S/c14-8-2-1-3-9-19(17,18)12-6-4-11(5-7-12)10-13(15)16/h4-7,14H,1-3,8-10H2,(H,15,16). The number of carboxylic acids is 1. The van der Waals surface area contributed by atoms with Gasteiger partial charge in [-0.15, -0.1) is 0 Å². The van der Waals surface area contributed by atoms with Crippen molar-refractivity contribution in [2.24, 2.45) is 0 Å². The quantitative estimate of drug-likeness (QED) is 0.702. The molecule has 0 saturated carbocycles. The lowest BCUT2D eigenvalue weighted by molar-refractivity contribution is -0.136. The molecule has 2 N–H and O–H groups in total. The number of aliphatic carboxylic acids is 1. The van der Waals surface area contributed by atoms with Crippen LogP contribution in [0.1, 0.15) is 24.8 Å². The average molecular weight is 286 g/mol. The molecule has 1 aromatic rings. The summed E-state index contributed by atoms with van der Waals surface area (Å²) in [6.07, 6.45) is 1.68. The van der Waals surface area contributed by atoms with Gasteiger partial charge in [-0.05, 0) is 30.5 Å². The van der Waals surface area contributed by atoms with E-state index in [9.17, 15) is 13.2 Å². The van der Waals surface area contributed by atoms with Gasteiger partial charge in [0.2, 0.25) is 0 Å². The van der Waals surface area contributed by atoms with Crippen molar-refractivity contribution in [1.29, 1.82) is 0 Å². The molecule has 0 amide bonds. The van der Waals surface area contributed by atoms with Crippen molar-refractivity contribution in [2.75, 3.05) is 12.4 Å². The monoisotopic (exact) mass is 286 g/mol. The minimum Gasteiger partial charge on any atom is -0.481 e. The van der Waals surface area contributed by atoms with Crippen molar-refractivity contribution in [2.45, 2.75) is 30.6 Å². The van der Waals surface area contributed by atoms with Crippen LogP contribution in [-0.2, 0) is 21.1 Å². The summed E-state index contributed by atoms with van der Waals surface area (Å²) in [5.74, 6) is -0.898. The van der Waals surface area contributed by atoms with E-state index in [4.69, 9.17) is 10.2 Å². The lowest BCUT2D eigenvalue weighted by Gasteiger charge is -2.05. The van der Waals surface area contributed by atoms with Gasteiger partial charge < -0.3 is 10.2 Å². The molecular formula is C13H18O5S. The van der Waals surface area contributed by atoms with Gasteiger partial charge in [-0.2, -0.15) is 0 Å². The van der Waals surface area contributed by atoms with Crippen LogP contribution in [0.25, 0.3) is 0 Å². The summed E-state index contributed by atoms with van der Waals surface area (Å²) in [7, 11) is -3.32. The van der Waals surface area contributed by atoms with E-state index in [0.717, 1.165) is 0 Å². The van der Waals surface area contributed by atoms with Gasteiger partial charge in [-0.25, -0.2) is 8.42 Å². The van der Waals surface area contributed by atoms with Crippen molar-refractivity contribution in [3.63, 3.8) is 0 Å². The van der Waals surface area contributed by atoms with Gasteiger partial charge in [-0.1, -0.05) is 18.6 Å². The van der Waals surface area contributed by atoms with Crippen LogP contribution in [-0.4, -0.2) is 37.0 Å². The second-order valence-corrected chi connectivity index (χ2v) is 6.43. The molecule has 0 atom stereocenters. The fraction of sp³-hybridized carbons (Fsp3) is 0.462. The molecule has 0 saturated heterocycles. The van der Waals surface area contributed by atoms with E-state index in [1.165, 1.54) is 24.3 Å². The Kier molecular flexibility index (Phi) is 5.98. The van der Waals surface area contributed by atoms with E-state index in [1.54, 1.807) is 0 Å². The Hall–Kier alpha value is -1.40. The fourth-order valence-electron chi connectivity index (χ4n) is 1.69. The van der Waals surface area contributed by atoms with Gasteiger partial charge in [0.25, 0.3) is 0 Å². The van der Waals surface area contributed by atoms with Crippen LogP contribution in [0.2, 0.25) is 0 Å². The molecule has 1 rings (SSSR count). The van der Waals surface area contributed by atoms with Crippen LogP contribution in [0.5, 0.6) is 0 Å². The first-order valence-electron chi connectivity index (χ1n) is 6.10. The normalized spacial score (nSPS) is 11.4. The molecule has 6 heteroatoms. The van der Waals surface area contributed by atoms with Gasteiger partial charge in [-0.3, -0.25) is 4.79 Å². The van der Waals surface area contributed by atoms with E-state index < -0.39 is 15.8 Å². The van der Waals surface area contributed by atoms with Crippen LogP contribution >= 0.6 is 0 Å². The highest BCUT2D eigenvalue weighted by Gasteiger charge is 2.13. The largest absolute Gasteiger partial charge is 0.481 e. The molecule has 0 radical (unpaired) electrons. The third-order valence-corrected chi connectivity index (χ3v) is 4.53. The molecule has 19 heavy (non-hydrogen) atoms. The minimum absolute atomic E-state index is 0.0469. The molecule has 0 aliphatic heterocycles. The number of aliphatic hydroxyl groups is 1. The van der Waals surface area contributed by atoms with Gasteiger partial charge in [0, 0.05) is 6.61 Å². The van der Waals surface area contributed by atoms with E-state index >= 15 is 0 Å². The van der Waals surface area contributed by atoms with Crippen molar-refractivity contribution < 1.29 is 23.4 Å². The zero-order valence-corrected chi connectivity index (χ0v) is 11.4. The molecule has 1 aromatic carbocycles. The predicted octanol–water partition coefficient (Wildman–Crippen LogP) is 1.25. The van der Waals surface area contributed by atoms with E-state index in [-0.39, 0.29) is 23.7 Å². The van der Waals surface area contributed by atoms with Crippen LogP contribution in [0.4, 0.5) is 0 Å². The number of carboxylic acid groups (broad SMARTS) is 1. The zero-order valence-electron chi connectivity index (χ0n) is 10.6. The van der Waals surface area contributed by atoms with Crippen LogP contribution in [0.3, 0.4) is 0 Å². The summed E-state index contributed by atoms with van der Waals surface area (Å²) in [6, 6.07) is 5.93. The second kappa shape index (κ2) is 7.25. The summed E-state index contributed by atoms with van der Waals surface area (Å²) in [5, 5.41) is 17.2. The number of rotatable bonds is 8. The highest BCUT2D eigenvalue weighted by molar-refractivity contribution is 7.91. The molecule has 0 bridgehead atoms. The molecule has 0 aliphatic carbocycles. The topological polar surface area (TPSA) is 91.7 Å². The van der Waals surface area contributed by atoms with E-state index in [1.807, 2.05) is 0 Å². The zero-order chi connectivity index (χ0) is 14.3. The van der Waals surface area contributed by atoms with Crippen LogP contribution in [0.15, 0.2) is 29.2 Å². The lowest BCUT2D eigenvalue weighted by Crippen LogP contribution is -2.07. The Morgan fingerprint density at radius 3 is 2.21 bits per heavy atom. The maximum Gasteiger partial charge on any atom is 0.307 e. The highest BCUT2D eigenvalue weighted by atomic mass is 32.2. The van der Waals surface area contributed by atoms with Gasteiger partial charge in [0.05, 0.1) is 17.1 Å². The smallest absolute Gasteiger partial charge is 0.307 e. The molecule has 0 fully saturated rings. The minimum atomic E-state index is -3.32. The Labute approximate surface area is 112 Å². The first-order chi connectivity index (χ1) is 8.95. The first-order valence-corrected chi connectivity index (χ1v) is 7.75. The van der Waals surface area contributed by atoms with Gasteiger partial charge in [0.15, 0.2) is 9.84 Å². The number of hydrogen-bond acceptors (Lipinski definition) is 4. The predicted molar refractivity (Wildman–Crippen MR) is 70.8 cm³/mol. The Morgan fingerprint density at radius 2 is 1.68 bits per heavy atom. The number of benzene rings is 1. The van der Waals surface area contributed by atoms with Crippen molar-refractivity contribution in [3.05, 3.63) is 29.8 Å². The molecule has 0 heterocycles. The summed E-state index contributed by atoms with van der Waals surface area (Å²) >= 11 is 0. The average Bonchev–Trinajstić information content (AvgIpc) is 2.35. The Bertz CT molecular complexity index is 504. The molecule has 5 nitrogen and oxygen atoms in total. The molecule has 0 aliphatic rings. The first kappa shape index (κ1) is 15.7. The van der Waals surface area contributed by atoms with Crippen molar-refractivity contribution in [1.82, 2.24) is 0 Å². The SMILES string of the molecule is O=C(O)Cc1ccc(S(=O)(=O)CCCCCO)cc1. The number of sulfone groups is 1. The summed E-state index contributed by atoms with van der Waals surface area (Å²) in [5.41, 5.74) is 0.576. The van der Waals surface area contributed by atoms with Crippen LogP contribution < -0.4 is 0 Å². The summed E-state index contributed by atoms with van der Waals surface area (Å²) in [6.45, 7) is 0.0733. The molecule has 0 aromatic heterocycles. The van der Waals surface area contributed by atoms with Crippen molar-refractivity contribution in [3.8, 4) is 0 Å². The second-order valence-electron chi connectivity index (χ2n) is 4.32. The van der Waals surface area contributed by atoms with Crippen molar-refractivity contribution >= 4 is 15.8 Å². The number of aliphatic hydroxyl groups excluding tert-OH is 1. The Morgan fingerprint density at radius 1 is 1.05 bits per heavy atom. The summed E-state index contributed by atoms with van der Waals surface area (Å²) in [4.78, 5) is 10.7. The van der Waals surface area contributed by atoms with Crippen LogP contribution in [0, 0.1) is 0 Å². The number of unbranched alkanes of at least 4 members (excludes halogenated alkanes) is 2. The molecular weight excluding hydrogens is 268 g/mol. The maximum absolute atomic E-state index is 12.0. The maximum atomic E-state index is 12.0. The Balaban J connectivity index is 2.65. The molecule has 106 valence electrons. The van der Waals surface area contributed by atoms with Gasteiger partial charge in [0.1, 0.15) is 0 Å². The third-order valence-electron chi connectivity index (χ3n) is 2.71. The molecule has 0 spiro atoms.